The Bertz CT molecular complexity index is 1670. The van der Waals surface area contributed by atoms with Crippen molar-refractivity contribution in [3.8, 4) is 5.88 Å². The number of methoxy groups -OCH3 is 1. The van der Waals surface area contributed by atoms with Gasteiger partial charge in [0.15, 0.2) is 11.6 Å². The number of pyridine rings is 2. The van der Waals surface area contributed by atoms with Crippen molar-refractivity contribution in [1.29, 1.82) is 0 Å². The second-order valence-corrected chi connectivity index (χ2v) is 13.2. The first-order valence-electron chi connectivity index (χ1n) is 15.9. The molecule has 13 nitrogen and oxygen atoms in total. The lowest BCUT2D eigenvalue weighted by Gasteiger charge is -2.30. The molecule has 2 N–H and O–H groups in total. The van der Waals surface area contributed by atoms with Crippen LogP contribution < -0.4 is 25.2 Å². The molecule has 3 aromatic heterocycles. The van der Waals surface area contributed by atoms with E-state index in [-0.39, 0.29) is 35.0 Å². The molecule has 0 unspecified atom stereocenters. The largest absolute Gasteiger partial charge is 0.479 e. The maximum Gasteiger partial charge on any atom is 0.343 e. The van der Waals surface area contributed by atoms with Crippen LogP contribution in [-0.2, 0) is 14.9 Å². The molecule has 5 heterocycles. The number of hydrogen-bond donors (Lipinski definition) is 2. The van der Waals surface area contributed by atoms with E-state index in [1.165, 1.54) is 19.4 Å². The molecule has 1 saturated heterocycles. The van der Waals surface area contributed by atoms with Crippen molar-refractivity contribution in [1.82, 2.24) is 24.8 Å². The number of hydrogen-bond acceptors (Lipinski definition) is 12. The molecule has 3 aromatic rings. The molecule has 2 aliphatic rings. The Morgan fingerprint density at radius 1 is 1.17 bits per heavy atom. The van der Waals surface area contributed by atoms with Crippen molar-refractivity contribution in [2.45, 2.75) is 65.0 Å². The molecular formula is C34H45N9O4. The fourth-order valence-electron chi connectivity index (χ4n) is 6.14. The van der Waals surface area contributed by atoms with Gasteiger partial charge < -0.3 is 34.8 Å². The minimum atomic E-state index is -0.524. The fourth-order valence-corrected chi connectivity index (χ4v) is 6.14. The maximum atomic E-state index is 13.3. The minimum Gasteiger partial charge on any atom is -0.479 e. The summed E-state index contributed by atoms with van der Waals surface area (Å²) in [5.74, 6) is 0.611. The molecule has 0 aromatic carbocycles. The van der Waals surface area contributed by atoms with Crippen LogP contribution in [0.5, 0.6) is 5.88 Å². The van der Waals surface area contributed by atoms with E-state index in [1.54, 1.807) is 19.9 Å². The zero-order valence-electron chi connectivity index (χ0n) is 28.5. The third kappa shape index (κ3) is 7.14. The van der Waals surface area contributed by atoms with Crippen LogP contribution >= 0.6 is 0 Å². The van der Waals surface area contributed by atoms with Crippen molar-refractivity contribution in [3.63, 3.8) is 0 Å². The topological polar surface area (TPSA) is 138 Å². The van der Waals surface area contributed by atoms with Crippen LogP contribution in [0.1, 0.15) is 62.3 Å². The highest BCUT2D eigenvalue weighted by molar-refractivity contribution is 6.01. The van der Waals surface area contributed by atoms with Gasteiger partial charge in [-0.3, -0.25) is 9.78 Å². The van der Waals surface area contributed by atoms with E-state index in [9.17, 15) is 9.59 Å². The number of aromatic nitrogens is 4. The van der Waals surface area contributed by atoms with Gasteiger partial charge in [-0.2, -0.15) is 9.97 Å². The number of ether oxygens (including phenoxy) is 2. The first-order valence-corrected chi connectivity index (χ1v) is 15.9. The Morgan fingerprint density at radius 2 is 1.94 bits per heavy atom. The standard InChI is InChI=1S/C34H45N9O4/c1-10-27(44)37-24-16-25(31(46-9)39-30(24)42-15-11-12-22(42)18-41(7)8)38-33-35-17-23(32(45)47-20(2)3)29(40-33)43-19-34(5,6)28-26(43)14-13-21(4)36-28/h10,13-14,16-17,20,22H,1,11-12,15,18-19H2,2-9H3,(H,37,44)(H,35,38,40)/t22-/m1/s1. The first kappa shape index (κ1) is 33.6. The van der Waals surface area contributed by atoms with Gasteiger partial charge in [0.05, 0.1) is 30.3 Å². The van der Waals surface area contributed by atoms with Gasteiger partial charge in [-0.25, -0.2) is 9.78 Å². The van der Waals surface area contributed by atoms with E-state index in [1.807, 2.05) is 38.1 Å². The molecule has 0 spiro atoms. The minimum absolute atomic E-state index is 0.202. The third-order valence-corrected chi connectivity index (χ3v) is 8.16. The van der Waals surface area contributed by atoms with Gasteiger partial charge in [0.25, 0.3) is 0 Å². The molecular weight excluding hydrogens is 598 g/mol. The molecule has 47 heavy (non-hydrogen) atoms. The number of carbonyl (C=O) groups is 2. The Kier molecular flexibility index (Phi) is 9.66. The summed E-state index contributed by atoms with van der Waals surface area (Å²) in [6, 6.07) is 5.93. The van der Waals surface area contributed by atoms with Gasteiger partial charge in [0.2, 0.25) is 17.7 Å². The van der Waals surface area contributed by atoms with Crippen molar-refractivity contribution in [2.75, 3.05) is 61.3 Å². The summed E-state index contributed by atoms with van der Waals surface area (Å²) in [6.07, 6.45) is 4.37. The van der Waals surface area contributed by atoms with Crippen LogP contribution in [0.25, 0.3) is 0 Å². The smallest absolute Gasteiger partial charge is 0.343 e. The monoisotopic (exact) mass is 643 g/mol. The van der Waals surface area contributed by atoms with Crippen molar-refractivity contribution >= 4 is 46.5 Å². The molecule has 1 atom stereocenters. The van der Waals surface area contributed by atoms with Crippen LogP contribution in [0.3, 0.4) is 0 Å². The van der Waals surface area contributed by atoms with Crippen LogP contribution in [0.2, 0.25) is 0 Å². The fraction of sp³-hybridized carbons (Fsp3) is 0.471. The lowest BCUT2D eigenvalue weighted by atomic mass is 9.91. The van der Waals surface area contributed by atoms with E-state index in [0.29, 0.717) is 35.4 Å². The molecule has 2 aliphatic heterocycles. The lowest BCUT2D eigenvalue weighted by molar-refractivity contribution is -0.111. The number of carbonyl (C=O) groups excluding carboxylic acids is 2. The summed E-state index contributed by atoms with van der Waals surface area (Å²) in [4.78, 5) is 51.3. The summed E-state index contributed by atoms with van der Waals surface area (Å²) in [7, 11) is 5.62. The van der Waals surface area contributed by atoms with E-state index >= 15 is 0 Å². The molecule has 250 valence electrons. The van der Waals surface area contributed by atoms with Crippen LogP contribution in [-0.4, -0.2) is 89.7 Å². The van der Waals surface area contributed by atoms with Gasteiger partial charge in [-0.05, 0) is 72.0 Å². The summed E-state index contributed by atoms with van der Waals surface area (Å²) in [5, 5.41) is 6.16. The predicted octanol–water partition coefficient (Wildman–Crippen LogP) is 4.98. The Morgan fingerprint density at radius 3 is 2.62 bits per heavy atom. The van der Waals surface area contributed by atoms with Gasteiger partial charge in [-0.1, -0.05) is 20.4 Å². The number of anilines is 6. The van der Waals surface area contributed by atoms with Gasteiger partial charge in [0, 0.05) is 43.0 Å². The number of esters is 1. The average molecular weight is 644 g/mol. The lowest BCUT2D eigenvalue weighted by Crippen LogP contribution is -2.38. The normalized spacial score (nSPS) is 16.8. The van der Waals surface area contributed by atoms with E-state index in [0.717, 1.165) is 43.0 Å². The molecule has 0 aliphatic carbocycles. The molecule has 1 amide bonds. The second kappa shape index (κ2) is 13.5. The number of aryl methyl sites for hydroxylation is 1. The second-order valence-electron chi connectivity index (χ2n) is 13.2. The highest BCUT2D eigenvalue weighted by Gasteiger charge is 2.40. The zero-order valence-corrected chi connectivity index (χ0v) is 28.5. The Hall–Kier alpha value is -4.78. The molecule has 0 bridgehead atoms. The summed E-state index contributed by atoms with van der Waals surface area (Å²) < 4.78 is 11.3. The van der Waals surface area contributed by atoms with E-state index in [4.69, 9.17) is 24.4 Å². The molecule has 1 fully saturated rings. The molecule has 0 saturated carbocycles. The highest BCUT2D eigenvalue weighted by atomic mass is 16.5. The predicted molar refractivity (Wildman–Crippen MR) is 183 cm³/mol. The van der Waals surface area contributed by atoms with Crippen molar-refractivity contribution in [2.24, 2.45) is 0 Å². The third-order valence-electron chi connectivity index (χ3n) is 8.16. The number of likely N-dealkylation sites (N-methyl/N-ethyl adjacent to an activating group) is 1. The number of amides is 1. The number of nitrogens with zero attached hydrogens (tertiary/aromatic N) is 7. The summed E-state index contributed by atoms with van der Waals surface area (Å²) in [6.45, 7) is 15.6. The van der Waals surface area contributed by atoms with Crippen molar-refractivity contribution in [3.05, 3.63) is 54.0 Å². The Balaban J connectivity index is 1.58. The molecule has 5 rings (SSSR count). The average Bonchev–Trinajstić information content (AvgIpc) is 3.57. The van der Waals surface area contributed by atoms with Crippen molar-refractivity contribution < 1.29 is 19.1 Å². The van der Waals surface area contributed by atoms with Crippen LogP contribution in [0, 0.1) is 6.92 Å². The summed E-state index contributed by atoms with van der Waals surface area (Å²) in [5.41, 5.74) is 3.55. The van der Waals surface area contributed by atoms with E-state index in [2.05, 4.69) is 45.8 Å². The highest BCUT2D eigenvalue weighted by Crippen LogP contribution is 2.44. The number of fused-ring (bicyclic) bond motifs is 1. The maximum absolute atomic E-state index is 13.3. The molecule has 0 radical (unpaired) electrons. The van der Waals surface area contributed by atoms with Gasteiger partial charge >= 0.3 is 5.97 Å². The number of rotatable bonds is 11. The molecule has 13 heteroatoms. The zero-order chi connectivity index (χ0) is 34.0. The SMILES string of the molecule is C=CC(=O)Nc1cc(Nc2ncc(C(=O)OC(C)C)c(N3CC(C)(C)c4nc(C)ccc43)n2)c(OC)nc1N1CCC[C@@H]1CN(C)C. The van der Waals surface area contributed by atoms with Crippen LogP contribution in [0.15, 0.2) is 37.1 Å². The number of nitrogens with one attached hydrogen (secondary N) is 2. The van der Waals surface area contributed by atoms with Gasteiger partial charge in [-0.15, -0.1) is 0 Å². The quantitative estimate of drug-likeness (QED) is 0.215. The van der Waals surface area contributed by atoms with Gasteiger partial charge in [0.1, 0.15) is 11.3 Å². The Labute approximate surface area is 276 Å². The van der Waals surface area contributed by atoms with E-state index < -0.39 is 5.97 Å². The summed E-state index contributed by atoms with van der Waals surface area (Å²) >= 11 is 0. The first-order chi connectivity index (χ1) is 22.3. The van der Waals surface area contributed by atoms with Crippen LogP contribution in [0.4, 0.5) is 34.6 Å².